The van der Waals surface area contributed by atoms with Crippen molar-refractivity contribution in [2.45, 2.75) is 185 Å². The summed E-state index contributed by atoms with van der Waals surface area (Å²) in [5, 5.41) is 50.2. The summed E-state index contributed by atoms with van der Waals surface area (Å²) in [6.45, 7) is 2.97. The maximum absolute atomic E-state index is 12.8. The lowest BCUT2D eigenvalue weighted by molar-refractivity contribution is -0.220. The van der Waals surface area contributed by atoms with Crippen molar-refractivity contribution in [1.29, 1.82) is 0 Å². The Morgan fingerprint density at radius 3 is 1.34 bits per heavy atom. The smallest absolute Gasteiger partial charge is 0.462 e. The summed E-state index contributed by atoms with van der Waals surface area (Å²) < 4.78 is 33.4. The zero-order valence-corrected chi connectivity index (χ0v) is 39.9. The number of allylic oxidation sites excluding steroid dienone is 17. The molecule has 0 bridgehead atoms. The Balaban J connectivity index is 2.48. The molecule has 14 heteroatoms. The average molecular weight is 933 g/mol. The monoisotopic (exact) mass is 933 g/mol. The van der Waals surface area contributed by atoms with Crippen molar-refractivity contribution in [1.82, 2.24) is 0 Å². The molecule has 0 aliphatic heterocycles. The Morgan fingerprint density at radius 2 is 0.877 bits per heavy atom. The van der Waals surface area contributed by atoms with E-state index in [1.54, 1.807) is 12.2 Å². The highest BCUT2D eigenvalue weighted by atomic mass is 31.2. The Bertz CT molecular complexity index is 1550. The minimum Gasteiger partial charge on any atom is -0.462 e. The number of hydrogen-bond donors (Lipinski definition) is 6. The van der Waals surface area contributed by atoms with Crippen molar-refractivity contribution in [3.8, 4) is 0 Å². The molecule has 65 heavy (non-hydrogen) atoms. The Labute approximate surface area is 389 Å². The van der Waals surface area contributed by atoms with E-state index in [1.165, 1.54) is 19.3 Å². The van der Waals surface area contributed by atoms with E-state index in [1.807, 2.05) is 12.2 Å². The molecule has 6 unspecified atom stereocenters. The first-order valence-corrected chi connectivity index (χ1v) is 25.2. The molecule has 0 radical (unpaired) electrons. The Hall–Kier alpha value is -3.49. The fraction of sp³-hybridized carbons (Fsp3) is 0.608. The summed E-state index contributed by atoms with van der Waals surface area (Å²) in [6, 6.07) is 0. The van der Waals surface area contributed by atoms with E-state index in [0.717, 1.165) is 83.5 Å². The number of phosphoric acid groups is 1. The predicted molar refractivity (Wildman–Crippen MR) is 257 cm³/mol. The van der Waals surface area contributed by atoms with E-state index < -0.39 is 75.7 Å². The second-order valence-electron chi connectivity index (χ2n) is 15.9. The van der Waals surface area contributed by atoms with Crippen LogP contribution in [0, 0.1) is 0 Å². The van der Waals surface area contributed by atoms with Crippen LogP contribution in [0.2, 0.25) is 0 Å². The summed E-state index contributed by atoms with van der Waals surface area (Å²) in [4.78, 5) is 35.7. The fourth-order valence-corrected chi connectivity index (χ4v) is 7.38. The first-order chi connectivity index (χ1) is 31.4. The van der Waals surface area contributed by atoms with Crippen molar-refractivity contribution in [2.24, 2.45) is 0 Å². The molecule has 0 amide bonds. The number of aliphatic hydroxyl groups is 5. The normalized spacial score (nSPS) is 22.4. The number of ether oxygens (including phenoxy) is 2. The summed E-state index contributed by atoms with van der Waals surface area (Å²) in [7, 11) is -5.15. The van der Waals surface area contributed by atoms with Gasteiger partial charge in [0.1, 0.15) is 43.2 Å². The van der Waals surface area contributed by atoms with Crippen molar-refractivity contribution in [3.63, 3.8) is 0 Å². The van der Waals surface area contributed by atoms with Crippen LogP contribution in [0.25, 0.3) is 0 Å². The molecule has 1 aliphatic carbocycles. The third-order valence-electron chi connectivity index (χ3n) is 10.1. The standard InChI is InChI=1S/C51H81O13P/c1-3-5-7-9-11-13-15-17-19-20-21-22-23-24-26-27-29-31-33-35-37-39-44(52)61-41-43(42-62-65(59,60)64-51-49(57)47(55)46(54)48(56)50(51)58)63-45(53)40-38-36-34-32-30-28-25-18-16-14-12-10-8-6-4-2/h5-8,11-14,17-19,21-22,25,30,32,36,38,43,46-51,54-58H,3-4,9-10,15-16,20,23-24,26-29,31,33-35,37,39-42H2,1-2H3,(H,59,60)/b7-5-,8-6-,13-11-,14-12-,19-17-,22-21-,25-18-,32-30-,38-36-. The zero-order chi connectivity index (χ0) is 47.8. The van der Waals surface area contributed by atoms with Crippen LogP contribution in [0.5, 0.6) is 0 Å². The van der Waals surface area contributed by atoms with E-state index in [9.17, 15) is 44.6 Å². The van der Waals surface area contributed by atoms with Gasteiger partial charge in [-0.1, -0.05) is 162 Å². The third kappa shape index (κ3) is 32.0. The maximum Gasteiger partial charge on any atom is 0.472 e. The molecule has 13 nitrogen and oxygen atoms in total. The summed E-state index contributed by atoms with van der Waals surface area (Å²) in [5.74, 6) is -1.27. The molecule has 1 fully saturated rings. The molecular weight excluding hydrogens is 852 g/mol. The van der Waals surface area contributed by atoms with E-state index >= 15 is 0 Å². The van der Waals surface area contributed by atoms with Crippen LogP contribution in [0.1, 0.15) is 142 Å². The second kappa shape index (κ2) is 39.7. The lowest BCUT2D eigenvalue weighted by Crippen LogP contribution is -2.64. The third-order valence-corrected chi connectivity index (χ3v) is 11.1. The zero-order valence-electron chi connectivity index (χ0n) is 39.0. The van der Waals surface area contributed by atoms with Crippen LogP contribution in [0.15, 0.2) is 109 Å². The molecule has 6 atom stereocenters. The van der Waals surface area contributed by atoms with Gasteiger partial charge in [-0.15, -0.1) is 0 Å². The topological polar surface area (TPSA) is 210 Å². The van der Waals surface area contributed by atoms with Gasteiger partial charge in [-0.25, -0.2) is 4.57 Å². The Morgan fingerprint density at radius 1 is 0.492 bits per heavy atom. The minimum atomic E-state index is -5.15. The second-order valence-corrected chi connectivity index (χ2v) is 17.3. The summed E-state index contributed by atoms with van der Waals surface area (Å²) in [6.07, 6.45) is 41.7. The average Bonchev–Trinajstić information content (AvgIpc) is 3.29. The number of esters is 2. The van der Waals surface area contributed by atoms with Gasteiger partial charge < -0.3 is 39.9 Å². The number of unbranched alkanes of at least 4 members (excludes halogenated alkanes) is 8. The molecule has 0 saturated heterocycles. The lowest BCUT2D eigenvalue weighted by atomic mass is 9.85. The highest BCUT2D eigenvalue weighted by Crippen LogP contribution is 2.47. The van der Waals surface area contributed by atoms with Gasteiger partial charge in [0.2, 0.25) is 0 Å². The molecule has 0 aromatic carbocycles. The van der Waals surface area contributed by atoms with E-state index in [-0.39, 0.29) is 12.8 Å². The highest BCUT2D eigenvalue weighted by molar-refractivity contribution is 7.47. The van der Waals surface area contributed by atoms with Gasteiger partial charge in [-0.05, 0) is 77.0 Å². The SMILES string of the molecule is CC/C=C\C/C=C\C/C=C\C/C=C\C/C=C\CC(=O)OC(COC(=O)CCCCCCCCCC/C=C\C/C=C\C/C=C\C/C=C\CC)COP(=O)(O)OC1C(O)C(O)C(O)C(O)C1O. The van der Waals surface area contributed by atoms with Crippen molar-refractivity contribution in [2.75, 3.05) is 13.2 Å². The molecule has 1 saturated carbocycles. The number of phosphoric ester groups is 1. The maximum atomic E-state index is 12.8. The summed E-state index contributed by atoms with van der Waals surface area (Å²) in [5.41, 5.74) is 0. The van der Waals surface area contributed by atoms with Gasteiger partial charge >= 0.3 is 19.8 Å². The molecular formula is C51H81O13P. The van der Waals surface area contributed by atoms with Gasteiger partial charge in [0, 0.05) is 6.42 Å². The van der Waals surface area contributed by atoms with Gasteiger partial charge in [0.05, 0.1) is 13.0 Å². The molecule has 0 heterocycles. The van der Waals surface area contributed by atoms with E-state index in [2.05, 4.69) is 98.9 Å². The lowest BCUT2D eigenvalue weighted by Gasteiger charge is -2.41. The van der Waals surface area contributed by atoms with Crippen LogP contribution >= 0.6 is 7.82 Å². The number of aliphatic hydroxyl groups excluding tert-OH is 5. The van der Waals surface area contributed by atoms with Gasteiger partial charge in [0.15, 0.2) is 6.10 Å². The van der Waals surface area contributed by atoms with Crippen molar-refractivity contribution < 1.29 is 63.1 Å². The first-order valence-electron chi connectivity index (χ1n) is 23.7. The van der Waals surface area contributed by atoms with Crippen molar-refractivity contribution >= 4 is 19.8 Å². The molecule has 0 spiro atoms. The van der Waals surface area contributed by atoms with Crippen LogP contribution in [-0.2, 0) is 32.7 Å². The fourth-order valence-electron chi connectivity index (χ4n) is 6.41. The van der Waals surface area contributed by atoms with Crippen LogP contribution < -0.4 is 0 Å². The van der Waals surface area contributed by atoms with E-state index in [0.29, 0.717) is 12.8 Å². The molecule has 1 aliphatic rings. The minimum absolute atomic E-state index is 0.131. The molecule has 368 valence electrons. The quantitative estimate of drug-likeness (QED) is 0.0149. The van der Waals surface area contributed by atoms with Crippen LogP contribution in [-0.4, -0.2) is 98.3 Å². The van der Waals surface area contributed by atoms with Gasteiger partial charge in [-0.2, -0.15) is 0 Å². The number of rotatable bonds is 37. The number of hydrogen-bond acceptors (Lipinski definition) is 12. The van der Waals surface area contributed by atoms with Crippen LogP contribution in [0.4, 0.5) is 0 Å². The number of carbonyl (C=O) groups is 2. The van der Waals surface area contributed by atoms with Gasteiger partial charge in [0.25, 0.3) is 0 Å². The van der Waals surface area contributed by atoms with E-state index in [4.69, 9.17) is 18.5 Å². The van der Waals surface area contributed by atoms with Crippen LogP contribution in [0.3, 0.4) is 0 Å². The Kier molecular flexibility index (Phi) is 36.3. The van der Waals surface area contributed by atoms with Gasteiger partial charge in [-0.3, -0.25) is 18.6 Å². The molecule has 1 rings (SSSR count). The highest BCUT2D eigenvalue weighted by Gasteiger charge is 2.51. The largest absolute Gasteiger partial charge is 0.472 e. The molecule has 0 aromatic rings. The molecule has 0 aromatic heterocycles. The predicted octanol–water partition coefficient (Wildman–Crippen LogP) is 9.61. The first kappa shape index (κ1) is 59.5. The molecule has 6 N–H and O–H groups in total. The number of carbonyl (C=O) groups excluding carboxylic acids is 2. The summed E-state index contributed by atoms with van der Waals surface area (Å²) >= 11 is 0. The van der Waals surface area contributed by atoms with Crippen molar-refractivity contribution in [3.05, 3.63) is 109 Å².